The number of hydrogen-bond acceptors (Lipinski definition) is 6. The Morgan fingerprint density at radius 3 is 2.41 bits per heavy atom. The molecule has 2 aromatic carbocycles. The zero-order valence-corrected chi connectivity index (χ0v) is 18.3. The van der Waals surface area contributed by atoms with Crippen molar-refractivity contribution in [2.24, 2.45) is 0 Å². The highest BCUT2D eigenvalue weighted by Crippen LogP contribution is 2.35. The maximum Gasteiger partial charge on any atom is 0.294 e. The minimum atomic E-state index is -0.423. The first kappa shape index (κ1) is 21.6. The summed E-state index contributed by atoms with van der Waals surface area (Å²) in [6, 6.07) is 14.6. The van der Waals surface area contributed by atoms with Gasteiger partial charge in [0.1, 0.15) is 12.4 Å². The fraction of sp³-hybridized carbons (Fsp3) is 0.200. The standard InChI is InChI=1S/C25H22FN5O3/c26-19-8-6-18(7-9-19)16-22-24(33)31(20-4-1-2-5-21(20)34-22)17-23(32)29-12-14-30(15-13-29)25-27-10-3-11-28-25/h1-11,16H,12-15,17H2. The van der Waals surface area contributed by atoms with Crippen LogP contribution < -0.4 is 14.5 Å². The van der Waals surface area contributed by atoms with Crippen LogP contribution in [0.25, 0.3) is 6.08 Å². The average molecular weight is 459 g/mol. The van der Waals surface area contributed by atoms with Crippen molar-refractivity contribution in [2.45, 2.75) is 0 Å². The number of anilines is 2. The summed E-state index contributed by atoms with van der Waals surface area (Å²) in [6.45, 7) is 2.13. The topological polar surface area (TPSA) is 78.9 Å². The SMILES string of the molecule is O=C(CN1C(=O)C(=Cc2ccc(F)cc2)Oc2ccccc21)N1CCN(c2ncccn2)CC1. The molecule has 2 amide bonds. The Morgan fingerprint density at radius 1 is 0.971 bits per heavy atom. The fourth-order valence-electron chi connectivity index (χ4n) is 3.98. The molecule has 0 spiro atoms. The Bertz CT molecular complexity index is 1220. The van der Waals surface area contributed by atoms with Crippen molar-refractivity contribution in [3.8, 4) is 5.75 Å². The van der Waals surface area contributed by atoms with Crippen LogP contribution in [0.1, 0.15) is 5.56 Å². The van der Waals surface area contributed by atoms with Gasteiger partial charge in [-0.3, -0.25) is 14.5 Å². The van der Waals surface area contributed by atoms with Crippen LogP contribution in [0.2, 0.25) is 0 Å². The van der Waals surface area contributed by atoms with Gasteiger partial charge in [0.15, 0.2) is 11.5 Å². The molecule has 34 heavy (non-hydrogen) atoms. The molecule has 0 bridgehead atoms. The second-order valence-corrected chi connectivity index (χ2v) is 7.94. The molecule has 9 heteroatoms. The van der Waals surface area contributed by atoms with Gasteiger partial charge in [-0.25, -0.2) is 14.4 Å². The summed E-state index contributed by atoms with van der Waals surface area (Å²) in [5, 5.41) is 0. The number of amides is 2. The van der Waals surface area contributed by atoms with E-state index in [0.717, 1.165) is 0 Å². The first-order valence-corrected chi connectivity index (χ1v) is 10.9. The van der Waals surface area contributed by atoms with Crippen molar-refractivity contribution < 1.29 is 18.7 Å². The smallest absolute Gasteiger partial charge is 0.294 e. The summed E-state index contributed by atoms with van der Waals surface area (Å²) in [5.41, 5.74) is 1.16. The van der Waals surface area contributed by atoms with Crippen LogP contribution in [-0.2, 0) is 9.59 Å². The van der Waals surface area contributed by atoms with E-state index < -0.39 is 5.91 Å². The number of carbonyl (C=O) groups excluding carboxylic acids is 2. The number of para-hydroxylation sites is 2. The average Bonchev–Trinajstić information content (AvgIpc) is 2.88. The molecule has 1 aromatic heterocycles. The molecular formula is C25H22FN5O3. The van der Waals surface area contributed by atoms with E-state index in [1.807, 2.05) is 4.90 Å². The molecule has 0 aliphatic carbocycles. The largest absolute Gasteiger partial charge is 0.449 e. The fourth-order valence-corrected chi connectivity index (χ4v) is 3.98. The first-order valence-electron chi connectivity index (χ1n) is 10.9. The zero-order chi connectivity index (χ0) is 23.5. The highest BCUT2D eigenvalue weighted by molar-refractivity contribution is 6.12. The van der Waals surface area contributed by atoms with Gasteiger partial charge in [0, 0.05) is 38.6 Å². The highest BCUT2D eigenvalue weighted by Gasteiger charge is 2.33. The van der Waals surface area contributed by atoms with E-state index in [0.29, 0.717) is 49.1 Å². The second kappa shape index (κ2) is 9.30. The number of carbonyl (C=O) groups is 2. The van der Waals surface area contributed by atoms with Gasteiger partial charge in [0.2, 0.25) is 11.9 Å². The summed E-state index contributed by atoms with van der Waals surface area (Å²) in [6.07, 6.45) is 4.94. The predicted molar refractivity (Wildman–Crippen MR) is 125 cm³/mol. The number of benzene rings is 2. The maximum atomic E-state index is 13.3. The van der Waals surface area contributed by atoms with Crippen LogP contribution in [-0.4, -0.2) is 59.4 Å². The number of rotatable bonds is 4. The van der Waals surface area contributed by atoms with Crippen molar-refractivity contribution in [1.29, 1.82) is 0 Å². The molecule has 0 N–H and O–H groups in total. The number of fused-ring (bicyclic) bond motifs is 1. The van der Waals surface area contributed by atoms with E-state index in [9.17, 15) is 14.0 Å². The minimum absolute atomic E-state index is 0.0733. The lowest BCUT2D eigenvalue weighted by Gasteiger charge is -2.36. The Labute approximate surface area is 195 Å². The van der Waals surface area contributed by atoms with Crippen LogP contribution >= 0.6 is 0 Å². The Morgan fingerprint density at radius 2 is 1.68 bits per heavy atom. The van der Waals surface area contributed by atoms with Crippen LogP contribution in [0.15, 0.2) is 72.8 Å². The van der Waals surface area contributed by atoms with E-state index in [1.54, 1.807) is 65.8 Å². The van der Waals surface area contributed by atoms with Gasteiger partial charge >= 0.3 is 0 Å². The zero-order valence-electron chi connectivity index (χ0n) is 18.3. The van der Waals surface area contributed by atoms with E-state index in [4.69, 9.17) is 4.74 Å². The number of nitrogens with zero attached hydrogens (tertiary/aromatic N) is 5. The Hall–Kier alpha value is -4.27. The van der Waals surface area contributed by atoms with Crippen molar-refractivity contribution in [3.63, 3.8) is 0 Å². The molecular weight excluding hydrogens is 437 g/mol. The second-order valence-electron chi connectivity index (χ2n) is 7.94. The van der Waals surface area contributed by atoms with Gasteiger partial charge < -0.3 is 14.5 Å². The van der Waals surface area contributed by atoms with Crippen LogP contribution in [0.5, 0.6) is 5.75 Å². The lowest BCUT2D eigenvalue weighted by molar-refractivity contribution is -0.131. The summed E-state index contributed by atoms with van der Waals surface area (Å²) in [7, 11) is 0. The number of aromatic nitrogens is 2. The van der Waals surface area contributed by atoms with Gasteiger partial charge in [-0.1, -0.05) is 24.3 Å². The lowest BCUT2D eigenvalue weighted by Crippen LogP contribution is -2.53. The molecule has 5 rings (SSSR count). The molecule has 172 valence electrons. The third kappa shape index (κ3) is 4.45. The van der Waals surface area contributed by atoms with Crippen LogP contribution in [0.4, 0.5) is 16.0 Å². The van der Waals surface area contributed by atoms with Gasteiger partial charge in [0.05, 0.1) is 5.69 Å². The molecule has 1 fully saturated rings. The van der Waals surface area contributed by atoms with Crippen molar-refractivity contribution >= 4 is 29.5 Å². The molecule has 0 atom stereocenters. The van der Waals surface area contributed by atoms with Crippen molar-refractivity contribution in [2.75, 3.05) is 42.5 Å². The van der Waals surface area contributed by atoms with E-state index in [2.05, 4.69) is 9.97 Å². The number of hydrogen-bond donors (Lipinski definition) is 0. The van der Waals surface area contributed by atoms with Crippen molar-refractivity contribution in [1.82, 2.24) is 14.9 Å². The minimum Gasteiger partial charge on any atom is -0.449 e. The summed E-state index contributed by atoms with van der Waals surface area (Å²) in [4.78, 5) is 40.2. The molecule has 8 nitrogen and oxygen atoms in total. The third-order valence-corrected chi connectivity index (χ3v) is 5.76. The number of halogens is 1. The number of ether oxygens (including phenoxy) is 1. The maximum absolute atomic E-state index is 13.3. The van der Waals surface area contributed by atoms with E-state index in [-0.39, 0.29) is 24.0 Å². The molecule has 3 heterocycles. The molecule has 2 aliphatic rings. The van der Waals surface area contributed by atoms with Crippen LogP contribution in [0, 0.1) is 5.82 Å². The third-order valence-electron chi connectivity index (χ3n) is 5.76. The normalized spacial score (nSPS) is 16.9. The predicted octanol–water partition coefficient (Wildman–Crippen LogP) is 2.73. The molecule has 3 aromatic rings. The molecule has 0 saturated carbocycles. The van der Waals surface area contributed by atoms with Gasteiger partial charge in [-0.2, -0.15) is 0 Å². The monoisotopic (exact) mass is 459 g/mol. The molecule has 2 aliphatic heterocycles. The Balaban J connectivity index is 1.32. The summed E-state index contributed by atoms with van der Waals surface area (Å²) < 4.78 is 19.1. The van der Waals surface area contributed by atoms with E-state index in [1.165, 1.54) is 17.0 Å². The molecule has 1 saturated heterocycles. The quantitative estimate of drug-likeness (QED) is 0.559. The highest BCUT2D eigenvalue weighted by atomic mass is 19.1. The van der Waals surface area contributed by atoms with Gasteiger partial charge in [-0.15, -0.1) is 0 Å². The lowest BCUT2D eigenvalue weighted by atomic mass is 10.1. The van der Waals surface area contributed by atoms with Crippen molar-refractivity contribution in [3.05, 3.63) is 84.1 Å². The Kier molecular flexibility index (Phi) is 5.90. The summed E-state index contributed by atoms with van der Waals surface area (Å²) >= 11 is 0. The molecule has 0 unspecified atom stereocenters. The first-order chi connectivity index (χ1) is 16.6. The van der Waals surface area contributed by atoms with Gasteiger partial charge in [-0.05, 0) is 42.0 Å². The molecule has 0 radical (unpaired) electrons. The van der Waals surface area contributed by atoms with Gasteiger partial charge in [0.25, 0.3) is 5.91 Å². The number of piperazine rings is 1. The van der Waals surface area contributed by atoms with E-state index >= 15 is 0 Å². The van der Waals surface area contributed by atoms with Crippen LogP contribution in [0.3, 0.4) is 0 Å². The summed E-state index contributed by atoms with van der Waals surface area (Å²) in [5.74, 6) is 0.253.